The summed E-state index contributed by atoms with van der Waals surface area (Å²) < 4.78 is 4.63. The number of nitrogens with two attached hydrogens (primary N) is 1. The van der Waals surface area contributed by atoms with Gasteiger partial charge in [-0.25, -0.2) is 9.78 Å². The minimum Gasteiger partial charge on any atom is -0.374 e. The monoisotopic (exact) mass is 255 g/mol. The Morgan fingerprint density at radius 2 is 2.32 bits per heavy atom. The Kier molecular flexibility index (Phi) is 2.64. The number of carbonyl (C=O) groups is 1. The number of nitrogens with zero attached hydrogens (tertiary/aromatic N) is 4. The largest absolute Gasteiger partial charge is 0.412 e. The number of carbonyl (C=O) groups excluding carboxylic acids is 1. The van der Waals surface area contributed by atoms with Crippen LogP contribution in [0, 0.1) is 0 Å². The van der Waals surface area contributed by atoms with Crippen LogP contribution in [0.25, 0.3) is 5.70 Å². The Labute approximate surface area is 108 Å². The minimum absolute atomic E-state index is 0.0915. The zero-order valence-corrected chi connectivity index (χ0v) is 9.78. The second-order valence-corrected chi connectivity index (χ2v) is 3.85. The summed E-state index contributed by atoms with van der Waals surface area (Å²) in [5, 5.41) is 0. The predicted octanol–water partition coefficient (Wildman–Crippen LogP) is 1.09. The Hall–Kier alpha value is -2.83. The summed E-state index contributed by atoms with van der Waals surface area (Å²) in [7, 11) is 0. The Morgan fingerprint density at radius 3 is 3.11 bits per heavy atom. The Balaban J connectivity index is 1.92. The van der Waals surface area contributed by atoms with Gasteiger partial charge in [0.05, 0.1) is 17.1 Å². The minimum atomic E-state index is -0.950. The first-order valence-corrected chi connectivity index (χ1v) is 5.54. The highest BCUT2D eigenvalue weighted by Crippen LogP contribution is 2.26. The molecular weight excluding hydrogens is 246 g/mol. The number of primary amides is 1. The molecule has 94 valence electrons. The van der Waals surface area contributed by atoms with Crippen molar-refractivity contribution < 1.29 is 9.53 Å². The molecule has 1 aromatic rings. The van der Waals surface area contributed by atoms with Gasteiger partial charge in [-0.2, -0.15) is 4.98 Å². The van der Waals surface area contributed by atoms with Gasteiger partial charge in [-0.05, 0) is 12.1 Å². The molecule has 7 nitrogen and oxygen atoms in total. The van der Waals surface area contributed by atoms with E-state index in [1.54, 1.807) is 18.5 Å². The van der Waals surface area contributed by atoms with E-state index in [9.17, 15) is 4.79 Å². The fourth-order valence-electron chi connectivity index (χ4n) is 1.77. The van der Waals surface area contributed by atoms with Gasteiger partial charge in [0.15, 0.2) is 0 Å². The van der Waals surface area contributed by atoms with Crippen molar-refractivity contribution in [2.45, 2.75) is 6.42 Å². The number of allylic oxidation sites excluding steroid dienone is 2. The zero-order chi connectivity index (χ0) is 13.2. The van der Waals surface area contributed by atoms with Crippen LogP contribution in [0.15, 0.2) is 40.1 Å². The topological polar surface area (TPSA) is 103 Å². The standard InChI is InChI=1S/C12H9N5O2/c13-11(18)19-12-15-4-2-9(17-12)10-5-7-6-14-3-1-8(7)16-10/h2-6H,1H2,(H2,13,18). The van der Waals surface area contributed by atoms with Crippen LogP contribution in [0.4, 0.5) is 4.79 Å². The van der Waals surface area contributed by atoms with Gasteiger partial charge in [0.2, 0.25) is 0 Å². The van der Waals surface area contributed by atoms with Gasteiger partial charge in [0.1, 0.15) is 0 Å². The SMILES string of the molecule is NC(=O)Oc1nccc(C2=CC3=CN=CCC3=N2)n1. The molecule has 0 atom stereocenters. The summed E-state index contributed by atoms with van der Waals surface area (Å²) >= 11 is 0. The summed E-state index contributed by atoms with van der Waals surface area (Å²) in [4.78, 5) is 27.1. The van der Waals surface area contributed by atoms with E-state index < -0.39 is 6.09 Å². The molecule has 1 aromatic heterocycles. The molecule has 3 heterocycles. The molecule has 1 amide bonds. The molecule has 0 aromatic carbocycles. The van der Waals surface area contributed by atoms with Crippen LogP contribution in [0.5, 0.6) is 6.01 Å². The molecular formula is C12H9N5O2. The second kappa shape index (κ2) is 4.45. The number of rotatable bonds is 2. The average molecular weight is 255 g/mol. The van der Waals surface area contributed by atoms with Crippen LogP contribution in [-0.4, -0.2) is 28.0 Å². The summed E-state index contributed by atoms with van der Waals surface area (Å²) in [5.74, 6) is 0. The predicted molar refractivity (Wildman–Crippen MR) is 68.8 cm³/mol. The van der Waals surface area contributed by atoms with Crippen LogP contribution >= 0.6 is 0 Å². The molecule has 2 N–H and O–H groups in total. The molecule has 0 radical (unpaired) electrons. The first kappa shape index (κ1) is 11.3. The lowest BCUT2D eigenvalue weighted by atomic mass is 10.1. The quantitative estimate of drug-likeness (QED) is 0.854. The average Bonchev–Trinajstić information content (AvgIpc) is 2.82. The molecule has 0 unspecified atom stereocenters. The van der Waals surface area contributed by atoms with Crippen LogP contribution in [0.1, 0.15) is 12.1 Å². The van der Waals surface area contributed by atoms with Gasteiger partial charge in [-0.15, -0.1) is 0 Å². The van der Waals surface area contributed by atoms with Crippen molar-refractivity contribution in [2.75, 3.05) is 0 Å². The number of ether oxygens (including phenoxy) is 1. The van der Waals surface area contributed by atoms with Crippen molar-refractivity contribution in [1.29, 1.82) is 0 Å². The molecule has 2 aliphatic heterocycles. The number of hydrogen-bond acceptors (Lipinski definition) is 6. The van der Waals surface area contributed by atoms with E-state index in [1.807, 2.05) is 6.08 Å². The lowest BCUT2D eigenvalue weighted by Gasteiger charge is -2.01. The molecule has 3 rings (SSSR count). The number of aromatic nitrogens is 2. The number of fused-ring (bicyclic) bond motifs is 1. The third-order valence-corrected chi connectivity index (χ3v) is 2.57. The van der Waals surface area contributed by atoms with E-state index >= 15 is 0 Å². The maximum absolute atomic E-state index is 10.7. The zero-order valence-electron chi connectivity index (χ0n) is 9.78. The van der Waals surface area contributed by atoms with E-state index in [0.717, 1.165) is 11.3 Å². The first-order chi connectivity index (χ1) is 9.22. The van der Waals surface area contributed by atoms with Crippen molar-refractivity contribution >= 4 is 23.7 Å². The molecule has 7 heteroatoms. The lowest BCUT2D eigenvalue weighted by molar-refractivity contribution is 0.207. The fraction of sp³-hybridized carbons (Fsp3) is 0.0833. The van der Waals surface area contributed by atoms with Gasteiger partial charge in [-0.1, -0.05) is 0 Å². The highest BCUT2D eigenvalue weighted by Gasteiger charge is 2.18. The van der Waals surface area contributed by atoms with E-state index in [0.29, 0.717) is 17.8 Å². The van der Waals surface area contributed by atoms with E-state index in [2.05, 4.69) is 24.7 Å². The van der Waals surface area contributed by atoms with Gasteiger partial charge in [-0.3, -0.25) is 9.98 Å². The van der Waals surface area contributed by atoms with Crippen LogP contribution in [0.3, 0.4) is 0 Å². The molecule has 0 saturated carbocycles. The van der Waals surface area contributed by atoms with Crippen LogP contribution < -0.4 is 10.5 Å². The van der Waals surface area contributed by atoms with E-state index in [-0.39, 0.29) is 6.01 Å². The number of aliphatic imine (C=N–C) groups is 2. The third-order valence-electron chi connectivity index (χ3n) is 2.57. The van der Waals surface area contributed by atoms with Crippen molar-refractivity contribution in [3.63, 3.8) is 0 Å². The van der Waals surface area contributed by atoms with Gasteiger partial charge < -0.3 is 10.5 Å². The van der Waals surface area contributed by atoms with Gasteiger partial charge in [0.25, 0.3) is 0 Å². The first-order valence-electron chi connectivity index (χ1n) is 5.54. The summed E-state index contributed by atoms with van der Waals surface area (Å²) in [6.07, 6.45) is 6.64. The number of hydrogen-bond donors (Lipinski definition) is 1. The van der Waals surface area contributed by atoms with E-state index in [4.69, 9.17) is 5.73 Å². The maximum atomic E-state index is 10.7. The lowest BCUT2D eigenvalue weighted by Crippen LogP contribution is -2.17. The molecule has 2 aliphatic rings. The van der Waals surface area contributed by atoms with Gasteiger partial charge >= 0.3 is 12.1 Å². The van der Waals surface area contributed by atoms with Crippen molar-refractivity contribution in [1.82, 2.24) is 9.97 Å². The highest BCUT2D eigenvalue weighted by molar-refractivity contribution is 6.15. The van der Waals surface area contributed by atoms with Crippen LogP contribution in [0.2, 0.25) is 0 Å². The fourth-order valence-corrected chi connectivity index (χ4v) is 1.77. The van der Waals surface area contributed by atoms with Crippen LogP contribution in [-0.2, 0) is 0 Å². The van der Waals surface area contributed by atoms with Crippen molar-refractivity contribution in [3.8, 4) is 6.01 Å². The normalized spacial score (nSPS) is 16.3. The van der Waals surface area contributed by atoms with Crippen molar-refractivity contribution in [2.24, 2.45) is 15.7 Å². The van der Waals surface area contributed by atoms with E-state index in [1.165, 1.54) is 6.20 Å². The molecule has 19 heavy (non-hydrogen) atoms. The second-order valence-electron chi connectivity index (χ2n) is 3.85. The molecule has 0 saturated heterocycles. The molecule has 0 aliphatic carbocycles. The molecule has 0 spiro atoms. The Morgan fingerprint density at radius 1 is 1.42 bits per heavy atom. The van der Waals surface area contributed by atoms with Crippen molar-refractivity contribution in [3.05, 3.63) is 35.8 Å². The smallest absolute Gasteiger partial charge is 0.374 e. The molecule has 0 fully saturated rings. The Bertz CT molecular complexity index is 672. The number of amides is 1. The molecule has 0 bridgehead atoms. The van der Waals surface area contributed by atoms with Gasteiger partial charge in [0, 0.05) is 30.6 Å². The third kappa shape index (κ3) is 2.25. The maximum Gasteiger partial charge on any atom is 0.412 e. The summed E-state index contributed by atoms with van der Waals surface area (Å²) in [5.41, 5.74) is 8.07. The summed E-state index contributed by atoms with van der Waals surface area (Å²) in [6.45, 7) is 0. The highest BCUT2D eigenvalue weighted by atomic mass is 16.6. The summed E-state index contributed by atoms with van der Waals surface area (Å²) in [6, 6.07) is 1.59.